The number of aliphatic hydroxyl groups excluding tert-OH is 1. The molecule has 0 bridgehead atoms. The molecule has 2 rings (SSSR count). The van der Waals surface area contributed by atoms with Crippen molar-refractivity contribution in [3.05, 3.63) is 0 Å². The molecule has 2 atom stereocenters. The zero-order valence-corrected chi connectivity index (χ0v) is 16.1. The van der Waals surface area contributed by atoms with Crippen LogP contribution in [0.25, 0.3) is 0 Å². The second kappa shape index (κ2) is 8.26. The first-order valence-electron chi connectivity index (χ1n) is 8.38. The van der Waals surface area contributed by atoms with Crippen LogP contribution in [0.1, 0.15) is 46.5 Å². The van der Waals surface area contributed by atoms with Gasteiger partial charge in [-0.25, -0.2) is 0 Å². The van der Waals surface area contributed by atoms with Gasteiger partial charge in [0.1, 0.15) is 0 Å². The lowest BCUT2D eigenvalue weighted by atomic mass is 10.2. The highest BCUT2D eigenvalue weighted by Crippen LogP contribution is 2.36. The van der Waals surface area contributed by atoms with Crippen molar-refractivity contribution in [2.45, 2.75) is 76.7 Å². The molecule has 0 radical (unpaired) electrons. The molecule has 0 aromatic rings. The molecular weight excluding hydrogens is 312 g/mol. The SMILES string of the molecule is CC(C)(C)[Si](C)(C)OC[C@@H]1CCC(=O)N1.O=C1CC[C@@H](CO)N1. The zero-order chi connectivity index (χ0) is 17.7. The van der Waals surface area contributed by atoms with Gasteiger partial charge in [0.05, 0.1) is 25.3 Å². The lowest BCUT2D eigenvalue weighted by Crippen LogP contribution is -2.44. The van der Waals surface area contributed by atoms with Crippen LogP contribution in [0.3, 0.4) is 0 Å². The van der Waals surface area contributed by atoms with Gasteiger partial charge in [0, 0.05) is 12.8 Å². The summed E-state index contributed by atoms with van der Waals surface area (Å²) in [4.78, 5) is 21.4. The van der Waals surface area contributed by atoms with Gasteiger partial charge in [0.25, 0.3) is 0 Å². The van der Waals surface area contributed by atoms with Gasteiger partial charge in [-0.05, 0) is 31.0 Å². The van der Waals surface area contributed by atoms with Crippen LogP contribution in [-0.2, 0) is 14.0 Å². The van der Waals surface area contributed by atoms with Crippen LogP contribution in [-0.4, -0.2) is 50.5 Å². The molecule has 0 aromatic heterocycles. The summed E-state index contributed by atoms with van der Waals surface area (Å²) in [5, 5.41) is 14.3. The molecule has 0 saturated carbocycles. The number of hydrogen-bond donors (Lipinski definition) is 3. The average Bonchev–Trinajstić information content (AvgIpc) is 3.04. The van der Waals surface area contributed by atoms with E-state index >= 15 is 0 Å². The first-order valence-corrected chi connectivity index (χ1v) is 11.3. The number of aliphatic hydroxyl groups is 1. The summed E-state index contributed by atoms with van der Waals surface area (Å²) in [5.41, 5.74) is 0. The minimum Gasteiger partial charge on any atom is -0.415 e. The van der Waals surface area contributed by atoms with Crippen molar-refractivity contribution < 1.29 is 19.1 Å². The Hall–Kier alpha value is -0.923. The molecule has 0 aromatic carbocycles. The van der Waals surface area contributed by atoms with Crippen molar-refractivity contribution in [2.24, 2.45) is 0 Å². The average molecular weight is 345 g/mol. The van der Waals surface area contributed by atoms with Gasteiger partial charge in [-0.2, -0.15) is 0 Å². The maximum absolute atomic E-state index is 11.0. The molecule has 2 fully saturated rings. The number of rotatable bonds is 4. The second-order valence-corrected chi connectivity index (χ2v) is 12.7. The number of amides is 2. The van der Waals surface area contributed by atoms with Crippen LogP contribution < -0.4 is 10.6 Å². The Morgan fingerprint density at radius 2 is 1.57 bits per heavy atom. The summed E-state index contributed by atoms with van der Waals surface area (Å²) < 4.78 is 6.05. The first-order chi connectivity index (χ1) is 10.5. The molecule has 2 aliphatic rings. The molecule has 2 aliphatic heterocycles. The van der Waals surface area contributed by atoms with Crippen LogP contribution >= 0.6 is 0 Å². The molecule has 0 spiro atoms. The summed E-state index contributed by atoms with van der Waals surface area (Å²) >= 11 is 0. The molecule has 7 heteroatoms. The predicted octanol–water partition coefficient (Wildman–Crippen LogP) is 1.54. The molecular formula is C16H32N2O4Si. The zero-order valence-electron chi connectivity index (χ0n) is 15.1. The van der Waals surface area contributed by atoms with Gasteiger partial charge in [-0.1, -0.05) is 20.8 Å². The third-order valence-electron chi connectivity index (χ3n) is 4.84. The van der Waals surface area contributed by atoms with Crippen LogP contribution in [0.15, 0.2) is 0 Å². The molecule has 0 unspecified atom stereocenters. The van der Waals surface area contributed by atoms with Crippen molar-refractivity contribution in [1.29, 1.82) is 0 Å². The van der Waals surface area contributed by atoms with Gasteiger partial charge >= 0.3 is 0 Å². The van der Waals surface area contributed by atoms with E-state index in [9.17, 15) is 9.59 Å². The molecule has 2 amide bonds. The topological polar surface area (TPSA) is 87.7 Å². The summed E-state index contributed by atoms with van der Waals surface area (Å²) in [6.45, 7) is 11.9. The summed E-state index contributed by atoms with van der Waals surface area (Å²) in [5.74, 6) is 0.225. The smallest absolute Gasteiger partial charge is 0.220 e. The van der Waals surface area contributed by atoms with E-state index in [2.05, 4.69) is 44.5 Å². The number of hydrogen-bond acceptors (Lipinski definition) is 4. The van der Waals surface area contributed by atoms with E-state index in [1.807, 2.05) is 0 Å². The molecule has 2 heterocycles. The fraction of sp³-hybridized carbons (Fsp3) is 0.875. The van der Waals surface area contributed by atoms with Crippen LogP contribution in [0, 0.1) is 0 Å². The van der Waals surface area contributed by atoms with Crippen molar-refractivity contribution >= 4 is 20.1 Å². The third kappa shape index (κ3) is 6.61. The fourth-order valence-electron chi connectivity index (χ4n) is 2.14. The van der Waals surface area contributed by atoms with Gasteiger partial charge < -0.3 is 20.2 Å². The largest absolute Gasteiger partial charge is 0.415 e. The van der Waals surface area contributed by atoms with Crippen molar-refractivity contribution in [1.82, 2.24) is 10.6 Å². The number of nitrogens with one attached hydrogen (secondary N) is 2. The number of carbonyl (C=O) groups excluding carboxylic acids is 2. The molecule has 6 nitrogen and oxygen atoms in total. The van der Waals surface area contributed by atoms with Gasteiger partial charge in [0.15, 0.2) is 8.32 Å². The summed E-state index contributed by atoms with van der Waals surface area (Å²) in [7, 11) is -1.65. The molecule has 23 heavy (non-hydrogen) atoms. The van der Waals surface area contributed by atoms with E-state index in [0.717, 1.165) is 12.8 Å². The Morgan fingerprint density at radius 3 is 1.87 bits per heavy atom. The highest BCUT2D eigenvalue weighted by atomic mass is 28.4. The Morgan fingerprint density at radius 1 is 1.09 bits per heavy atom. The lowest BCUT2D eigenvalue weighted by molar-refractivity contribution is -0.120. The Labute approximate surface area is 140 Å². The maximum Gasteiger partial charge on any atom is 0.220 e. The molecule has 0 aliphatic carbocycles. The predicted molar refractivity (Wildman–Crippen MR) is 92.6 cm³/mol. The number of carbonyl (C=O) groups is 2. The Bertz CT molecular complexity index is 421. The third-order valence-corrected chi connectivity index (χ3v) is 9.34. The fourth-order valence-corrected chi connectivity index (χ4v) is 3.19. The van der Waals surface area contributed by atoms with Crippen molar-refractivity contribution in [3.8, 4) is 0 Å². The monoisotopic (exact) mass is 344 g/mol. The van der Waals surface area contributed by atoms with E-state index in [-0.39, 0.29) is 35.5 Å². The van der Waals surface area contributed by atoms with Gasteiger partial charge in [0.2, 0.25) is 11.8 Å². The van der Waals surface area contributed by atoms with Gasteiger partial charge in [-0.3, -0.25) is 9.59 Å². The van der Waals surface area contributed by atoms with Crippen LogP contribution in [0.4, 0.5) is 0 Å². The van der Waals surface area contributed by atoms with E-state index < -0.39 is 8.32 Å². The summed E-state index contributed by atoms with van der Waals surface area (Å²) in [6, 6.07) is 0.272. The molecule has 3 N–H and O–H groups in total. The van der Waals surface area contributed by atoms with E-state index in [0.29, 0.717) is 19.4 Å². The Kier molecular flexibility index (Phi) is 7.22. The molecule has 2 saturated heterocycles. The van der Waals surface area contributed by atoms with Crippen molar-refractivity contribution in [2.75, 3.05) is 13.2 Å². The maximum atomic E-state index is 11.0. The van der Waals surface area contributed by atoms with Crippen LogP contribution in [0.5, 0.6) is 0 Å². The minimum atomic E-state index is -1.65. The quantitative estimate of drug-likeness (QED) is 0.675. The minimum absolute atomic E-state index is 0.0301. The normalized spacial score (nSPS) is 24.8. The van der Waals surface area contributed by atoms with Gasteiger partial charge in [-0.15, -0.1) is 0 Å². The standard InChI is InChI=1S/C11H23NO2Si.C5H9NO2/c1-11(2,3)15(4,5)14-8-9-6-7-10(13)12-9;7-3-4-1-2-5(8)6-4/h9H,6-8H2,1-5H3,(H,12,13);4,7H,1-3H2,(H,6,8)/t9-;4-/m00/s1. The van der Waals surface area contributed by atoms with Crippen LogP contribution in [0.2, 0.25) is 18.1 Å². The highest BCUT2D eigenvalue weighted by molar-refractivity contribution is 6.74. The first kappa shape index (κ1) is 20.1. The molecule has 134 valence electrons. The van der Waals surface area contributed by atoms with E-state index in [1.54, 1.807) is 0 Å². The summed E-state index contributed by atoms with van der Waals surface area (Å²) in [6.07, 6.45) is 2.94. The lowest BCUT2D eigenvalue weighted by Gasteiger charge is -2.36. The highest BCUT2D eigenvalue weighted by Gasteiger charge is 2.38. The Balaban J connectivity index is 0.000000277. The van der Waals surface area contributed by atoms with E-state index in [1.165, 1.54) is 0 Å². The van der Waals surface area contributed by atoms with Crippen molar-refractivity contribution in [3.63, 3.8) is 0 Å². The van der Waals surface area contributed by atoms with E-state index in [4.69, 9.17) is 9.53 Å². The second-order valence-electron chi connectivity index (χ2n) is 7.86.